The average Bonchev–Trinajstić information content (AvgIpc) is 3.38. The van der Waals surface area contributed by atoms with E-state index < -0.39 is 0 Å². The highest BCUT2D eigenvalue weighted by atomic mass is 32.1. The first kappa shape index (κ1) is 14.5. The van der Waals surface area contributed by atoms with Crippen LogP contribution in [0.25, 0.3) is 0 Å². The third-order valence-corrected chi connectivity index (χ3v) is 5.25. The van der Waals surface area contributed by atoms with Gasteiger partial charge in [0.1, 0.15) is 0 Å². The van der Waals surface area contributed by atoms with Crippen LogP contribution in [0.2, 0.25) is 0 Å². The molecule has 2 fully saturated rings. The number of rotatable bonds is 7. The van der Waals surface area contributed by atoms with E-state index in [1.54, 1.807) is 12.1 Å². The van der Waals surface area contributed by atoms with Gasteiger partial charge in [0.15, 0.2) is 0 Å². The summed E-state index contributed by atoms with van der Waals surface area (Å²) in [5.74, 6) is 0.123. The third kappa shape index (κ3) is 3.63. The molecule has 1 aromatic heterocycles. The standard InChI is InChI=1S/C15H20N2O3S/c18-8-7-15(5-6-15)9-16-14(20)11-3-4-12(21-11)17-13(19)10-1-2-10/h3-4,10,18H,1-2,5-9H2,(H,16,20)(H,17,19). The van der Waals surface area contributed by atoms with Crippen molar-refractivity contribution in [1.29, 1.82) is 0 Å². The van der Waals surface area contributed by atoms with Crippen molar-refractivity contribution in [3.05, 3.63) is 17.0 Å². The Balaban J connectivity index is 1.50. The van der Waals surface area contributed by atoms with Crippen LogP contribution in [0, 0.1) is 11.3 Å². The first-order valence-corrected chi connectivity index (χ1v) is 8.23. The van der Waals surface area contributed by atoms with E-state index in [0.29, 0.717) is 11.4 Å². The molecule has 0 spiro atoms. The summed E-state index contributed by atoms with van der Waals surface area (Å²) >= 11 is 1.31. The summed E-state index contributed by atoms with van der Waals surface area (Å²) in [6.45, 7) is 0.792. The van der Waals surface area contributed by atoms with Gasteiger partial charge in [0, 0.05) is 19.1 Å². The van der Waals surface area contributed by atoms with Crippen molar-refractivity contribution in [3.63, 3.8) is 0 Å². The van der Waals surface area contributed by atoms with Crippen LogP contribution in [-0.4, -0.2) is 30.1 Å². The van der Waals surface area contributed by atoms with Gasteiger partial charge in [-0.2, -0.15) is 0 Å². The molecule has 0 radical (unpaired) electrons. The number of hydrogen-bond donors (Lipinski definition) is 3. The van der Waals surface area contributed by atoms with Gasteiger partial charge in [-0.05, 0) is 49.7 Å². The third-order valence-electron chi connectivity index (χ3n) is 4.25. The van der Waals surface area contributed by atoms with E-state index in [1.807, 2.05) is 0 Å². The number of amides is 2. The van der Waals surface area contributed by atoms with Gasteiger partial charge in [0.2, 0.25) is 5.91 Å². The molecule has 5 nitrogen and oxygen atoms in total. The maximum absolute atomic E-state index is 12.1. The minimum Gasteiger partial charge on any atom is -0.396 e. The molecule has 3 rings (SSSR count). The molecule has 2 saturated carbocycles. The topological polar surface area (TPSA) is 78.4 Å². The summed E-state index contributed by atoms with van der Waals surface area (Å²) in [6, 6.07) is 3.52. The molecular weight excluding hydrogens is 288 g/mol. The predicted molar refractivity (Wildman–Crippen MR) is 81.4 cm³/mol. The SMILES string of the molecule is O=C(NCC1(CCO)CC1)c1ccc(NC(=O)C2CC2)s1. The molecular formula is C15H20N2O3S. The first-order valence-electron chi connectivity index (χ1n) is 7.42. The van der Waals surface area contributed by atoms with Gasteiger partial charge in [0.05, 0.1) is 9.88 Å². The van der Waals surface area contributed by atoms with Gasteiger partial charge in [0.25, 0.3) is 5.91 Å². The van der Waals surface area contributed by atoms with Crippen LogP contribution < -0.4 is 10.6 Å². The number of aliphatic hydroxyl groups is 1. The lowest BCUT2D eigenvalue weighted by Crippen LogP contribution is -2.30. The highest BCUT2D eigenvalue weighted by Gasteiger charge is 2.42. The highest BCUT2D eigenvalue weighted by molar-refractivity contribution is 7.18. The van der Waals surface area contributed by atoms with E-state index in [0.717, 1.165) is 37.1 Å². The molecule has 2 aliphatic rings. The second-order valence-electron chi connectivity index (χ2n) is 6.08. The second-order valence-corrected chi connectivity index (χ2v) is 7.17. The Kier molecular flexibility index (Phi) is 3.99. The van der Waals surface area contributed by atoms with Crippen molar-refractivity contribution in [2.75, 3.05) is 18.5 Å². The molecule has 2 aliphatic carbocycles. The summed E-state index contributed by atoms with van der Waals surface area (Å²) in [5, 5.41) is 15.5. The number of hydrogen-bond acceptors (Lipinski definition) is 4. The van der Waals surface area contributed by atoms with E-state index >= 15 is 0 Å². The molecule has 2 amide bonds. The average molecular weight is 308 g/mol. The largest absolute Gasteiger partial charge is 0.396 e. The summed E-state index contributed by atoms with van der Waals surface area (Å²) in [5.41, 5.74) is 0.116. The molecule has 114 valence electrons. The van der Waals surface area contributed by atoms with Crippen molar-refractivity contribution in [2.24, 2.45) is 11.3 Å². The van der Waals surface area contributed by atoms with Crippen molar-refractivity contribution in [1.82, 2.24) is 5.32 Å². The van der Waals surface area contributed by atoms with Gasteiger partial charge in [-0.1, -0.05) is 0 Å². The van der Waals surface area contributed by atoms with Crippen molar-refractivity contribution in [3.8, 4) is 0 Å². The zero-order valence-electron chi connectivity index (χ0n) is 11.9. The fourth-order valence-electron chi connectivity index (χ4n) is 2.38. The quantitative estimate of drug-likeness (QED) is 0.721. The number of nitrogens with one attached hydrogen (secondary N) is 2. The lowest BCUT2D eigenvalue weighted by atomic mass is 10.0. The normalized spacial score (nSPS) is 19.1. The van der Waals surface area contributed by atoms with Crippen LogP contribution in [0.3, 0.4) is 0 Å². The molecule has 1 heterocycles. The van der Waals surface area contributed by atoms with Crippen LogP contribution in [0.4, 0.5) is 5.00 Å². The Labute approximate surface area is 127 Å². The zero-order valence-corrected chi connectivity index (χ0v) is 12.7. The smallest absolute Gasteiger partial charge is 0.261 e. The van der Waals surface area contributed by atoms with Gasteiger partial charge < -0.3 is 15.7 Å². The second kappa shape index (κ2) is 5.77. The number of thiophene rings is 1. The monoisotopic (exact) mass is 308 g/mol. The molecule has 0 saturated heterocycles. The van der Waals surface area contributed by atoms with E-state index in [4.69, 9.17) is 5.11 Å². The van der Waals surface area contributed by atoms with Gasteiger partial charge in [-0.3, -0.25) is 9.59 Å². The molecule has 0 aliphatic heterocycles. The van der Waals surface area contributed by atoms with E-state index in [1.165, 1.54) is 11.3 Å². The van der Waals surface area contributed by atoms with E-state index in [-0.39, 0.29) is 29.8 Å². The molecule has 21 heavy (non-hydrogen) atoms. The number of anilines is 1. The first-order chi connectivity index (χ1) is 10.1. The maximum Gasteiger partial charge on any atom is 0.261 e. The number of carbonyl (C=O) groups is 2. The van der Waals surface area contributed by atoms with E-state index in [9.17, 15) is 9.59 Å². The van der Waals surface area contributed by atoms with Gasteiger partial charge in [-0.15, -0.1) is 11.3 Å². The lowest BCUT2D eigenvalue weighted by Gasteiger charge is -2.13. The summed E-state index contributed by atoms with van der Waals surface area (Å²) < 4.78 is 0. The molecule has 0 aromatic carbocycles. The van der Waals surface area contributed by atoms with Crippen molar-refractivity contribution >= 4 is 28.2 Å². The number of carbonyl (C=O) groups excluding carboxylic acids is 2. The Morgan fingerprint density at radius 3 is 2.71 bits per heavy atom. The van der Waals surface area contributed by atoms with Crippen molar-refractivity contribution in [2.45, 2.75) is 32.1 Å². The van der Waals surface area contributed by atoms with Gasteiger partial charge in [-0.25, -0.2) is 0 Å². The molecule has 0 atom stereocenters. The Hall–Kier alpha value is -1.40. The molecule has 3 N–H and O–H groups in total. The van der Waals surface area contributed by atoms with Crippen LogP contribution in [0.1, 0.15) is 41.8 Å². The Bertz CT molecular complexity index is 547. The minimum absolute atomic E-state index is 0.0590. The number of aliphatic hydroxyl groups excluding tert-OH is 1. The Morgan fingerprint density at radius 1 is 1.33 bits per heavy atom. The predicted octanol–water partition coefficient (Wildman–Crippen LogP) is 1.99. The molecule has 0 bridgehead atoms. The zero-order chi connectivity index (χ0) is 14.9. The van der Waals surface area contributed by atoms with E-state index in [2.05, 4.69) is 10.6 Å². The minimum atomic E-state index is -0.101. The van der Waals surface area contributed by atoms with Crippen LogP contribution >= 0.6 is 11.3 Å². The fourth-order valence-corrected chi connectivity index (χ4v) is 3.21. The van der Waals surface area contributed by atoms with Crippen LogP contribution in [0.5, 0.6) is 0 Å². The van der Waals surface area contributed by atoms with Gasteiger partial charge >= 0.3 is 0 Å². The highest BCUT2D eigenvalue weighted by Crippen LogP contribution is 2.47. The molecule has 0 unspecified atom stereocenters. The fraction of sp³-hybridized carbons (Fsp3) is 0.600. The molecule has 1 aromatic rings. The van der Waals surface area contributed by atoms with Crippen LogP contribution in [-0.2, 0) is 4.79 Å². The lowest BCUT2D eigenvalue weighted by molar-refractivity contribution is -0.117. The Morgan fingerprint density at radius 2 is 2.10 bits per heavy atom. The summed E-state index contributed by atoms with van der Waals surface area (Å²) in [4.78, 5) is 24.4. The van der Waals surface area contributed by atoms with Crippen LogP contribution in [0.15, 0.2) is 12.1 Å². The van der Waals surface area contributed by atoms with Crippen molar-refractivity contribution < 1.29 is 14.7 Å². The molecule has 6 heteroatoms. The maximum atomic E-state index is 12.1. The summed E-state index contributed by atoms with van der Waals surface area (Å²) in [6.07, 6.45) is 4.83. The summed E-state index contributed by atoms with van der Waals surface area (Å²) in [7, 11) is 0.